The second kappa shape index (κ2) is 9.82. The smallest absolute Gasteiger partial charge is 0.141 e. The van der Waals surface area contributed by atoms with Gasteiger partial charge in [0.2, 0.25) is 0 Å². The molecule has 6 aromatic rings. The Labute approximate surface area is 220 Å². The number of fused-ring (bicyclic) bond motifs is 1. The van der Waals surface area contributed by atoms with Crippen LogP contribution in [0.1, 0.15) is 11.4 Å². The van der Waals surface area contributed by atoms with E-state index in [9.17, 15) is 0 Å². The molecule has 0 saturated heterocycles. The molecule has 176 valence electrons. The van der Waals surface area contributed by atoms with Gasteiger partial charge in [0.05, 0.1) is 0 Å². The molecule has 0 atom stereocenters. The average Bonchev–Trinajstić information content (AvgIpc) is 3.01. The van der Waals surface area contributed by atoms with E-state index in [0.717, 1.165) is 33.4 Å². The fourth-order valence-electron chi connectivity index (χ4n) is 4.83. The summed E-state index contributed by atoms with van der Waals surface area (Å²) in [5, 5.41) is 20.7. The van der Waals surface area contributed by atoms with Crippen molar-refractivity contribution >= 4 is 10.8 Å². The lowest BCUT2D eigenvalue weighted by Gasteiger charge is -2.13. The Morgan fingerprint density at radius 1 is 0.421 bits per heavy atom. The van der Waals surface area contributed by atoms with Gasteiger partial charge >= 0.3 is 0 Å². The van der Waals surface area contributed by atoms with Crippen molar-refractivity contribution in [1.82, 2.24) is 9.97 Å². The van der Waals surface area contributed by atoms with Gasteiger partial charge in [0.1, 0.15) is 23.5 Å². The zero-order chi connectivity index (χ0) is 25.9. The van der Waals surface area contributed by atoms with Crippen molar-refractivity contribution in [3.8, 4) is 56.6 Å². The second-order valence-corrected chi connectivity index (χ2v) is 8.94. The zero-order valence-corrected chi connectivity index (χ0v) is 20.3. The molecule has 0 saturated carbocycles. The van der Waals surface area contributed by atoms with E-state index in [1.54, 1.807) is 12.4 Å². The van der Waals surface area contributed by atoms with Gasteiger partial charge in [0.15, 0.2) is 0 Å². The van der Waals surface area contributed by atoms with E-state index in [0.29, 0.717) is 11.4 Å². The van der Waals surface area contributed by atoms with Crippen molar-refractivity contribution in [2.45, 2.75) is 0 Å². The molecule has 2 heterocycles. The van der Waals surface area contributed by atoms with Crippen molar-refractivity contribution < 1.29 is 0 Å². The summed E-state index contributed by atoms with van der Waals surface area (Å²) < 4.78 is 0. The maximum atomic E-state index is 9.17. The third-order valence-corrected chi connectivity index (χ3v) is 6.73. The number of hydrogen-bond donors (Lipinski definition) is 0. The van der Waals surface area contributed by atoms with Crippen LogP contribution in [-0.2, 0) is 0 Å². The van der Waals surface area contributed by atoms with Gasteiger partial charge in [-0.15, -0.1) is 0 Å². The molecule has 4 aromatic carbocycles. The summed E-state index contributed by atoms with van der Waals surface area (Å²) in [6.07, 6.45) is 3.34. The highest BCUT2D eigenvalue weighted by atomic mass is 14.7. The van der Waals surface area contributed by atoms with Crippen LogP contribution in [0.3, 0.4) is 0 Å². The van der Waals surface area contributed by atoms with Crippen LogP contribution in [0, 0.1) is 22.7 Å². The molecule has 0 aliphatic carbocycles. The van der Waals surface area contributed by atoms with Crippen LogP contribution < -0.4 is 0 Å². The lowest BCUT2D eigenvalue weighted by molar-refractivity contribution is 1.26. The van der Waals surface area contributed by atoms with Crippen LogP contribution in [-0.4, -0.2) is 9.97 Å². The Hall–Kier alpha value is -5.58. The number of aromatic nitrogens is 2. The zero-order valence-electron chi connectivity index (χ0n) is 20.3. The molecular weight excluding hydrogens is 464 g/mol. The van der Waals surface area contributed by atoms with Crippen molar-refractivity contribution in [2.75, 3.05) is 0 Å². The Kier molecular flexibility index (Phi) is 5.91. The van der Waals surface area contributed by atoms with E-state index >= 15 is 0 Å². The maximum Gasteiger partial charge on any atom is 0.141 e. The highest BCUT2D eigenvalue weighted by Gasteiger charge is 2.11. The first-order chi connectivity index (χ1) is 18.7. The molecule has 6 rings (SSSR count). The molecule has 0 aliphatic rings. The highest BCUT2D eigenvalue weighted by Crippen LogP contribution is 2.37. The molecule has 0 fully saturated rings. The van der Waals surface area contributed by atoms with E-state index in [2.05, 4.69) is 107 Å². The standard InChI is InChI=1S/C34H20N4/c35-21-29-19-27(15-17-37-29)23-5-9-25(10-6-23)31-13-14-32(34-4-2-1-3-33(31)34)26-11-7-24(8-12-26)28-16-18-38-30(20-28)22-36/h1-20H. The number of benzene rings is 4. The Morgan fingerprint density at radius 3 is 1.21 bits per heavy atom. The number of nitrogens with zero attached hydrogens (tertiary/aromatic N) is 4. The van der Waals surface area contributed by atoms with Gasteiger partial charge < -0.3 is 0 Å². The van der Waals surface area contributed by atoms with E-state index < -0.39 is 0 Å². The first-order valence-electron chi connectivity index (χ1n) is 12.2. The lowest BCUT2D eigenvalue weighted by Crippen LogP contribution is -1.88. The van der Waals surface area contributed by atoms with Crippen LogP contribution in [0.4, 0.5) is 0 Å². The lowest BCUT2D eigenvalue weighted by atomic mass is 9.91. The topological polar surface area (TPSA) is 73.4 Å². The highest BCUT2D eigenvalue weighted by molar-refractivity contribution is 6.05. The molecule has 0 unspecified atom stereocenters. The summed E-state index contributed by atoms with van der Waals surface area (Å²) in [4.78, 5) is 8.14. The SMILES string of the molecule is N#Cc1cc(-c2ccc(-c3ccc(-c4ccc(-c5ccnc(C#N)c5)cc4)c4ccccc34)cc2)ccn1. The Balaban J connectivity index is 1.36. The summed E-state index contributed by atoms with van der Waals surface area (Å²) in [5.74, 6) is 0. The first kappa shape index (κ1) is 22.9. The summed E-state index contributed by atoms with van der Waals surface area (Å²) in [7, 11) is 0. The molecule has 0 amide bonds. The summed E-state index contributed by atoms with van der Waals surface area (Å²) in [5.41, 5.74) is 9.46. The van der Waals surface area contributed by atoms with Gasteiger partial charge in [-0.05, 0) is 79.5 Å². The van der Waals surface area contributed by atoms with Gasteiger partial charge in [-0.2, -0.15) is 10.5 Å². The molecule has 4 heteroatoms. The van der Waals surface area contributed by atoms with Crippen molar-refractivity contribution in [3.63, 3.8) is 0 Å². The molecule has 0 N–H and O–H groups in total. The van der Waals surface area contributed by atoms with E-state index in [1.165, 1.54) is 21.9 Å². The molecule has 0 spiro atoms. The fraction of sp³-hybridized carbons (Fsp3) is 0. The minimum absolute atomic E-state index is 0.411. The minimum Gasteiger partial charge on any atom is -0.246 e. The van der Waals surface area contributed by atoms with Gasteiger partial charge in [-0.1, -0.05) is 84.9 Å². The largest absolute Gasteiger partial charge is 0.246 e. The first-order valence-corrected chi connectivity index (χ1v) is 12.2. The van der Waals surface area contributed by atoms with Crippen LogP contribution in [0.5, 0.6) is 0 Å². The second-order valence-electron chi connectivity index (χ2n) is 8.94. The van der Waals surface area contributed by atoms with Crippen molar-refractivity contribution in [1.29, 1.82) is 10.5 Å². The predicted octanol–water partition coefficient (Wildman–Crippen LogP) is 8.04. The van der Waals surface area contributed by atoms with Crippen LogP contribution in [0.2, 0.25) is 0 Å². The number of nitriles is 2. The number of rotatable bonds is 4. The predicted molar refractivity (Wildman–Crippen MR) is 151 cm³/mol. The summed E-state index contributed by atoms with van der Waals surface area (Å²) in [6.45, 7) is 0. The van der Waals surface area contributed by atoms with Gasteiger partial charge in [0, 0.05) is 12.4 Å². The number of pyridine rings is 2. The van der Waals surface area contributed by atoms with Gasteiger partial charge in [0.25, 0.3) is 0 Å². The van der Waals surface area contributed by atoms with E-state index in [-0.39, 0.29) is 0 Å². The fourth-order valence-corrected chi connectivity index (χ4v) is 4.83. The molecular formula is C34H20N4. The van der Waals surface area contributed by atoms with Gasteiger partial charge in [-0.25, -0.2) is 9.97 Å². The Bertz CT molecular complexity index is 1730. The van der Waals surface area contributed by atoms with Gasteiger partial charge in [-0.3, -0.25) is 0 Å². The third kappa shape index (κ3) is 4.28. The maximum absolute atomic E-state index is 9.17. The van der Waals surface area contributed by atoms with Crippen molar-refractivity contribution in [3.05, 3.63) is 133 Å². The van der Waals surface area contributed by atoms with Crippen LogP contribution in [0.25, 0.3) is 55.3 Å². The molecule has 0 bridgehead atoms. The van der Waals surface area contributed by atoms with Crippen molar-refractivity contribution in [2.24, 2.45) is 0 Å². The molecule has 0 radical (unpaired) electrons. The third-order valence-electron chi connectivity index (χ3n) is 6.73. The van der Waals surface area contributed by atoms with Crippen LogP contribution in [0.15, 0.2) is 122 Å². The van der Waals surface area contributed by atoms with E-state index in [1.807, 2.05) is 24.3 Å². The minimum atomic E-state index is 0.411. The quantitative estimate of drug-likeness (QED) is 0.254. The molecule has 38 heavy (non-hydrogen) atoms. The summed E-state index contributed by atoms with van der Waals surface area (Å²) in [6, 6.07) is 41.4. The molecule has 0 aliphatic heterocycles. The molecule has 2 aromatic heterocycles. The number of hydrogen-bond acceptors (Lipinski definition) is 4. The average molecular weight is 485 g/mol. The van der Waals surface area contributed by atoms with Crippen LogP contribution >= 0.6 is 0 Å². The monoisotopic (exact) mass is 484 g/mol. The molecule has 4 nitrogen and oxygen atoms in total. The van der Waals surface area contributed by atoms with E-state index in [4.69, 9.17) is 10.5 Å². The summed E-state index contributed by atoms with van der Waals surface area (Å²) >= 11 is 0. The Morgan fingerprint density at radius 2 is 0.816 bits per heavy atom. The normalized spacial score (nSPS) is 10.6.